The number of urea groups is 1. The van der Waals surface area contributed by atoms with E-state index in [0.717, 1.165) is 49.8 Å². The summed E-state index contributed by atoms with van der Waals surface area (Å²) in [4.78, 5) is 38.3. The molecule has 0 aromatic rings. The van der Waals surface area contributed by atoms with Crippen molar-refractivity contribution in [2.24, 2.45) is 5.92 Å². The molecule has 0 aromatic carbocycles. The van der Waals surface area contributed by atoms with Crippen LogP contribution in [0.25, 0.3) is 0 Å². The number of unbranched alkanes of at least 4 members (excludes halogenated alkanes) is 4. The molecular weight excluding hydrogens is 330 g/mol. The maximum atomic E-state index is 12.7. The van der Waals surface area contributed by atoms with Crippen LogP contribution in [0.15, 0.2) is 0 Å². The maximum absolute atomic E-state index is 12.7. The van der Waals surface area contributed by atoms with E-state index in [1.165, 1.54) is 12.8 Å². The average molecular weight is 366 g/mol. The fourth-order valence-corrected chi connectivity index (χ4v) is 3.96. The Morgan fingerprint density at radius 1 is 1.15 bits per heavy atom. The number of hydrogen-bond donors (Lipinski definition) is 2. The first-order chi connectivity index (χ1) is 12.4. The molecule has 1 aliphatic carbocycles. The van der Waals surface area contributed by atoms with Crippen molar-refractivity contribution in [1.82, 2.24) is 15.5 Å². The first kappa shape index (κ1) is 20.7. The van der Waals surface area contributed by atoms with Gasteiger partial charge in [-0.25, -0.2) is 4.79 Å². The summed E-state index contributed by atoms with van der Waals surface area (Å²) < 4.78 is 0. The molecular formula is C20H35N3O3. The van der Waals surface area contributed by atoms with Crippen LogP contribution in [0.4, 0.5) is 4.79 Å². The van der Waals surface area contributed by atoms with Crippen LogP contribution in [0.5, 0.6) is 0 Å². The van der Waals surface area contributed by atoms with E-state index >= 15 is 0 Å². The van der Waals surface area contributed by atoms with Crippen molar-refractivity contribution in [3.8, 4) is 0 Å². The van der Waals surface area contributed by atoms with Gasteiger partial charge in [0.2, 0.25) is 5.91 Å². The van der Waals surface area contributed by atoms with Gasteiger partial charge in [0.1, 0.15) is 12.1 Å². The molecule has 1 saturated carbocycles. The molecule has 0 unspecified atom stereocenters. The van der Waals surface area contributed by atoms with E-state index in [4.69, 9.17) is 0 Å². The van der Waals surface area contributed by atoms with Crippen molar-refractivity contribution < 1.29 is 14.4 Å². The quantitative estimate of drug-likeness (QED) is 0.486. The maximum Gasteiger partial charge on any atom is 0.325 e. The molecule has 0 spiro atoms. The molecule has 2 N–H and O–H groups in total. The lowest BCUT2D eigenvalue weighted by Gasteiger charge is -2.27. The van der Waals surface area contributed by atoms with Gasteiger partial charge in [-0.2, -0.15) is 0 Å². The highest BCUT2D eigenvalue weighted by Gasteiger charge is 2.47. The summed E-state index contributed by atoms with van der Waals surface area (Å²) in [6.45, 7) is 5.99. The minimum absolute atomic E-state index is 0.171. The van der Waals surface area contributed by atoms with Crippen molar-refractivity contribution in [3.63, 3.8) is 0 Å². The topological polar surface area (TPSA) is 78.5 Å². The second-order valence-corrected chi connectivity index (χ2v) is 8.34. The van der Waals surface area contributed by atoms with Gasteiger partial charge in [-0.1, -0.05) is 46.0 Å². The SMILES string of the molecule is CCCCCCC[C@]1(C)NC(=O)N(CC(=O)NC2CCC(C)CC2)C1=O. The largest absolute Gasteiger partial charge is 0.352 e. The minimum atomic E-state index is -0.871. The summed E-state index contributed by atoms with van der Waals surface area (Å²) in [5.74, 6) is 0.206. The number of carbonyl (C=O) groups excluding carboxylic acids is 3. The molecule has 1 saturated heterocycles. The Hall–Kier alpha value is -1.59. The lowest BCUT2D eigenvalue weighted by atomic mass is 9.87. The third kappa shape index (κ3) is 5.45. The smallest absolute Gasteiger partial charge is 0.325 e. The summed E-state index contributed by atoms with van der Waals surface area (Å²) >= 11 is 0. The summed E-state index contributed by atoms with van der Waals surface area (Å²) in [5, 5.41) is 5.78. The molecule has 26 heavy (non-hydrogen) atoms. The molecule has 6 heteroatoms. The van der Waals surface area contributed by atoms with E-state index in [9.17, 15) is 14.4 Å². The van der Waals surface area contributed by atoms with Crippen molar-refractivity contribution in [2.45, 2.75) is 96.6 Å². The number of rotatable bonds is 9. The Kier molecular flexibility index (Phi) is 7.47. The van der Waals surface area contributed by atoms with E-state index in [2.05, 4.69) is 24.5 Å². The molecule has 0 bridgehead atoms. The third-order valence-corrected chi connectivity index (χ3v) is 5.81. The molecule has 1 atom stereocenters. The van der Waals surface area contributed by atoms with Crippen molar-refractivity contribution in [3.05, 3.63) is 0 Å². The van der Waals surface area contributed by atoms with Gasteiger partial charge in [-0.15, -0.1) is 0 Å². The van der Waals surface area contributed by atoms with Gasteiger partial charge in [0.15, 0.2) is 0 Å². The summed E-state index contributed by atoms with van der Waals surface area (Å²) in [7, 11) is 0. The Bertz CT molecular complexity index is 514. The molecule has 148 valence electrons. The summed E-state index contributed by atoms with van der Waals surface area (Å²) in [5.41, 5.74) is -0.871. The lowest BCUT2D eigenvalue weighted by Crippen LogP contribution is -2.47. The second-order valence-electron chi connectivity index (χ2n) is 8.34. The van der Waals surface area contributed by atoms with Crippen LogP contribution in [0.2, 0.25) is 0 Å². The highest BCUT2D eigenvalue weighted by Crippen LogP contribution is 2.25. The molecule has 6 nitrogen and oxygen atoms in total. The van der Waals surface area contributed by atoms with Crippen LogP contribution in [0.1, 0.15) is 85.0 Å². The van der Waals surface area contributed by atoms with Gasteiger partial charge in [-0.3, -0.25) is 14.5 Å². The summed E-state index contributed by atoms with van der Waals surface area (Å²) in [6.07, 6.45) is 10.3. The molecule has 2 fully saturated rings. The fraction of sp³-hybridized carbons (Fsp3) is 0.850. The number of amides is 4. The Balaban J connectivity index is 1.80. The standard InChI is InChI=1S/C20H35N3O3/c1-4-5-6-7-8-13-20(3)18(25)23(19(26)22-20)14-17(24)21-16-11-9-15(2)10-12-16/h15-16H,4-14H2,1-3H3,(H,21,24)(H,22,26)/t15?,16?,20-/m0/s1. The zero-order valence-electron chi connectivity index (χ0n) is 16.6. The van der Waals surface area contributed by atoms with Gasteiger partial charge >= 0.3 is 6.03 Å². The Morgan fingerprint density at radius 3 is 2.46 bits per heavy atom. The monoisotopic (exact) mass is 365 g/mol. The van der Waals surface area contributed by atoms with E-state index in [0.29, 0.717) is 12.3 Å². The summed E-state index contributed by atoms with van der Waals surface area (Å²) in [6, 6.07) is -0.275. The molecule has 1 aliphatic heterocycles. The Labute approximate surface area is 157 Å². The molecule has 0 aromatic heterocycles. The normalized spacial score (nSPS) is 29.0. The van der Waals surface area contributed by atoms with Crippen molar-refractivity contribution >= 4 is 17.8 Å². The zero-order chi connectivity index (χ0) is 19.2. The van der Waals surface area contributed by atoms with E-state index in [1.807, 2.05) is 0 Å². The van der Waals surface area contributed by atoms with E-state index in [1.54, 1.807) is 6.92 Å². The lowest BCUT2D eigenvalue weighted by molar-refractivity contribution is -0.135. The zero-order valence-corrected chi connectivity index (χ0v) is 16.6. The number of nitrogens with one attached hydrogen (secondary N) is 2. The van der Waals surface area contributed by atoms with Gasteiger partial charge in [0, 0.05) is 6.04 Å². The number of imide groups is 1. The van der Waals surface area contributed by atoms with Crippen LogP contribution in [-0.4, -0.2) is 40.9 Å². The molecule has 2 aliphatic rings. The fourth-order valence-electron chi connectivity index (χ4n) is 3.96. The van der Waals surface area contributed by atoms with Crippen LogP contribution < -0.4 is 10.6 Å². The third-order valence-electron chi connectivity index (χ3n) is 5.81. The number of hydrogen-bond acceptors (Lipinski definition) is 3. The van der Waals surface area contributed by atoms with Gasteiger partial charge in [0.25, 0.3) is 5.91 Å². The van der Waals surface area contributed by atoms with Crippen LogP contribution in [0, 0.1) is 5.92 Å². The van der Waals surface area contributed by atoms with Crippen molar-refractivity contribution in [2.75, 3.05) is 6.54 Å². The van der Waals surface area contributed by atoms with Crippen molar-refractivity contribution in [1.29, 1.82) is 0 Å². The van der Waals surface area contributed by atoms with E-state index in [-0.39, 0.29) is 24.4 Å². The van der Waals surface area contributed by atoms with Gasteiger partial charge in [0.05, 0.1) is 0 Å². The van der Waals surface area contributed by atoms with Crippen LogP contribution >= 0.6 is 0 Å². The highest BCUT2D eigenvalue weighted by molar-refractivity contribution is 6.08. The number of carbonyl (C=O) groups is 3. The first-order valence-electron chi connectivity index (χ1n) is 10.3. The average Bonchev–Trinajstić information content (AvgIpc) is 2.80. The van der Waals surface area contributed by atoms with Gasteiger partial charge in [-0.05, 0) is 44.9 Å². The highest BCUT2D eigenvalue weighted by atomic mass is 16.2. The molecule has 0 radical (unpaired) electrons. The van der Waals surface area contributed by atoms with Crippen LogP contribution in [-0.2, 0) is 9.59 Å². The predicted octanol–water partition coefficient (Wildman–Crippen LogP) is 3.35. The second kappa shape index (κ2) is 9.38. The van der Waals surface area contributed by atoms with E-state index < -0.39 is 11.6 Å². The first-order valence-corrected chi connectivity index (χ1v) is 10.3. The Morgan fingerprint density at radius 2 is 1.81 bits per heavy atom. The molecule has 4 amide bonds. The molecule has 1 heterocycles. The molecule has 2 rings (SSSR count). The predicted molar refractivity (Wildman–Crippen MR) is 102 cm³/mol. The van der Waals surface area contributed by atoms with Crippen LogP contribution in [0.3, 0.4) is 0 Å². The minimum Gasteiger partial charge on any atom is -0.352 e. The number of nitrogens with zero attached hydrogens (tertiary/aromatic N) is 1. The van der Waals surface area contributed by atoms with Gasteiger partial charge < -0.3 is 10.6 Å².